The first-order valence-electron chi connectivity index (χ1n) is 8.97. The molecular weight excluding hydrogens is 391 g/mol. The minimum Gasteiger partial charge on any atom is -0.348 e. The molecule has 0 bridgehead atoms. The van der Waals surface area contributed by atoms with Gasteiger partial charge in [0, 0.05) is 17.8 Å². The van der Waals surface area contributed by atoms with Gasteiger partial charge in [0.15, 0.2) is 0 Å². The zero-order valence-corrected chi connectivity index (χ0v) is 16.9. The van der Waals surface area contributed by atoms with E-state index in [2.05, 4.69) is 10.0 Å². The molecule has 2 N–H and O–H groups in total. The lowest BCUT2D eigenvalue weighted by Crippen LogP contribution is -2.23. The summed E-state index contributed by atoms with van der Waals surface area (Å²) < 4.78 is 41.1. The Morgan fingerprint density at radius 1 is 0.931 bits per heavy atom. The van der Waals surface area contributed by atoms with Gasteiger partial charge in [0.2, 0.25) is 0 Å². The van der Waals surface area contributed by atoms with E-state index in [0.717, 1.165) is 11.1 Å². The van der Waals surface area contributed by atoms with Gasteiger partial charge in [-0.25, -0.2) is 12.8 Å². The van der Waals surface area contributed by atoms with E-state index in [1.165, 1.54) is 18.2 Å². The van der Waals surface area contributed by atoms with Crippen LogP contribution < -0.4 is 10.0 Å². The van der Waals surface area contributed by atoms with Crippen molar-refractivity contribution in [3.05, 3.63) is 94.8 Å². The van der Waals surface area contributed by atoms with Crippen molar-refractivity contribution in [1.29, 1.82) is 0 Å². The zero-order chi connectivity index (χ0) is 21.0. The van der Waals surface area contributed by atoms with Crippen molar-refractivity contribution in [2.45, 2.75) is 25.3 Å². The van der Waals surface area contributed by atoms with E-state index < -0.39 is 15.9 Å². The quantitative estimate of drug-likeness (QED) is 0.638. The predicted molar refractivity (Wildman–Crippen MR) is 111 cm³/mol. The Labute approximate surface area is 169 Å². The molecule has 0 fully saturated rings. The van der Waals surface area contributed by atoms with Crippen LogP contribution in [0.4, 0.5) is 10.1 Å². The SMILES string of the molecule is Cc1ccc(NS(=O)(=O)c2cc(C(=O)NCc3ccc(F)cc3)ccc2C)cc1. The van der Waals surface area contributed by atoms with Gasteiger partial charge in [-0.2, -0.15) is 0 Å². The Hall–Kier alpha value is -3.19. The Bertz CT molecular complexity index is 1130. The highest BCUT2D eigenvalue weighted by atomic mass is 32.2. The number of aryl methyl sites for hydroxylation is 2. The van der Waals surface area contributed by atoms with E-state index in [1.807, 2.05) is 19.1 Å². The van der Waals surface area contributed by atoms with Gasteiger partial charge in [-0.15, -0.1) is 0 Å². The van der Waals surface area contributed by atoms with E-state index in [0.29, 0.717) is 11.3 Å². The molecule has 0 radical (unpaired) electrons. The van der Waals surface area contributed by atoms with Gasteiger partial charge < -0.3 is 5.32 Å². The number of carbonyl (C=O) groups is 1. The van der Waals surface area contributed by atoms with Crippen LogP contribution in [0.3, 0.4) is 0 Å². The van der Waals surface area contributed by atoms with Gasteiger partial charge in [-0.1, -0.05) is 35.9 Å². The molecule has 1 amide bonds. The first-order chi connectivity index (χ1) is 13.7. The van der Waals surface area contributed by atoms with Crippen molar-refractivity contribution < 1.29 is 17.6 Å². The zero-order valence-electron chi connectivity index (χ0n) is 16.1. The summed E-state index contributed by atoms with van der Waals surface area (Å²) in [7, 11) is -3.86. The van der Waals surface area contributed by atoms with Crippen LogP contribution in [0.2, 0.25) is 0 Å². The number of sulfonamides is 1. The van der Waals surface area contributed by atoms with Crippen LogP contribution in [-0.4, -0.2) is 14.3 Å². The smallest absolute Gasteiger partial charge is 0.262 e. The molecule has 0 saturated carbocycles. The summed E-state index contributed by atoms with van der Waals surface area (Å²) in [6.45, 7) is 3.79. The van der Waals surface area contributed by atoms with Gasteiger partial charge in [-0.3, -0.25) is 9.52 Å². The molecule has 150 valence electrons. The van der Waals surface area contributed by atoms with Crippen LogP contribution in [0.25, 0.3) is 0 Å². The van der Waals surface area contributed by atoms with Gasteiger partial charge in [0.05, 0.1) is 4.90 Å². The molecule has 0 atom stereocenters. The maximum Gasteiger partial charge on any atom is 0.262 e. The van der Waals surface area contributed by atoms with Crippen molar-refractivity contribution in [1.82, 2.24) is 5.32 Å². The fraction of sp³-hybridized carbons (Fsp3) is 0.136. The average molecular weight is 412 g/mol. The second-order valence-corrected chi connectivity index (χ2v) is 8.41. The number of carbonyl (C=O) groups excluding carboxylic acids is 1. The molecule has 3 rings (SSSR count). The molecule has 3 aromatic rings. The largest absolute Gasteiger partial charge is 0.348 e. The topological polar surface area (TPSA) is 75.3 Å². The number of nitrogens with one attached hydrogen (secondary N) is 2. The maximum atomic E-state index is 13.0. The van der Waals surface area contributed by atoms with Crippen LogP contribution in [0.15, 0.2) is 71.6 Å². The van der Waals surface area contributed by atoms with E-state index in [1.54, 1.807) is 43.3 Å². The molecule has 0 unspecified atom stereocenters. The summed E-state index contributed by atoms with van der Waals surface area (Å²) in [4.78, 5) is 12.5. The number of hydrogen-bond acceptors (Lipinski definition) is 3. The number of halogens is 1. The van der Waals surface area contributed by atoms with Crippen LogP contribution in [0.1, 0.15) is 27.0 Å². The van der Waals surface area contributed by atoms with Gasteiger partial charge in [0.1, 0.15) is 5.82 Å². The summed E-state index contributed by atoms with van der Waals surface area (Å²) in [5.74, 6) is -0.768. The molecule has 0 saturated heterocycles. The average Bonchev–Trinajstić information content (AvgIpc) is 2.69. The summed E-state index contributed by atoms with van der Waals surface area (Å²) in [6.07, 6.45) is 0. The second-order valence-electron chi connectivity index (χ2n) is 6.76. The van der Waals surface area contributed by atoms with Crippen molar-refractivity contribution >= 4 is 21.6 Å². The third kappa shape index (κ3) is 5.20. The third-order valence-corrected chi connectivity index (χ3v) is 5.93. The van der Waals surface area contributed by atoms with E-state index in [-0.39, 0.29) is 22.8 Å². The maximum absolute atomic E-state index is 13.0. The van der Waals surface area contributed by atoms with Crippen molar-refractivity contribution in [2.24, 2.45) is 0 Å². The summed E-state index contributed by atoms with van der Waals surface area (Å²) >= 11 is 0. The number of rotatable bonds is 6. The summed E-state index contributed by atoms with van der Waals surface area (Å²) in [5.41, 5.74) is 2.95. The normalized spacial score (nSPS) is 11.1. The summed E-state index contributed by atoms with van der Waals surface area (Å²) in [6, 6.07) is 17.3. The minimum absolute atomic E-state index is 0.0347. The molecular formula is C22H21FN2O3S. The molecule has 0 aliphatic rings. The molecule has 0 aliphatic heterocycles. The van der Waals surface area contributed by atoms with Crippen LogP contribution in [0, 0.1) is 19.7 Å². The highest BCUT2D eigenvalue weighted by Gasteiger charge is 2.19. The lowest BCUT2D eigenvalue weighted by molar-refractivity contribution is 0.0950. The molecule has 0 aliphatic carbocycles. The van der Waals surface area contributed by atoms with Crippen molar-refractivity contribution in [2.75, 3.05) is 4.72 Å². The van der Waals surface area contributed by atoms with Crippen molar-refractivity contribution in [3.63, 3.8) is 0 Å². The Balaban J connectivity index is 1.78. The van der Waals surface area contributed by atoms with E-state index in [9.17, 15) is 17.6 Å². The number of anilines is 1. The molecule has 29 heavy (non-hydrogen) atoms. The van der Waals surface area contributed by atoms with Crippen molar-refractivity contribution in [3.8, 4) is 0 Å². The number of benzene rings is 3. The molecule has 3 aromatic carbocycles. The lowest BCUT2D eigenvalue weighted by Gasteiger charge is -2.12. The molecule has 0 aromatic heterocycles. The minimum atomic E-state index is -3.86. The number of amides is 1. The van der Waals surface area contributed by atoms with E-state index in [4.69, 9.17) is 0 Å². The van der Waals surface area contributed by atoms with Gasteiger partial charge in [0.25, 0.3) is 15.9 Å². The monoisotopic (exact) mass is 412 g/mol. The summed E-state index contributed by atoms with van der Waals surface area (Å²) in [5, 5.41) is 2.71. The highest BCUT2D eigenvalue weighted by molar-refractivity contribution is 7.92. The van der Waals surface area contributed by atoms with Gasteiger partial charge >= 0.3 is 0 Å². The van der Waals surface area contributed by atoms with Crippen LogP contribution in [0.5, 0.6) is 0 Å². The first kappa shape index (κ1) is 20.5. The fourth-order valence-electron chi connectivity index (χ4n) is 2.75. The Morgan fingerprint density at radius 2 is 1.59 bits per heavy atom. The third-order valence-electron chi connectivity index (χ3n) is 4.41. The fourth-order valence-corrected chi connectivity index (χ4v) is 4.08. The molecule has 0 heterocycles. The van der Waals surface area contributed by atoms with E-state index >= 15 is 0 Å². The van der Waals surface area contributed by atoms with Gasteiger partial charge in [-0.05, 0) is 61.4 Å². The Kier molecular flexibility index (Phi) is 5.98. The first-order valence-corrected chi connectivity index (χ1v) is 10.5. The molecule has 7 heteroatoms. The molecule has 5 nitrogen and oxygen atoms in total. The lowest BCUT2D eigenvalue weighted by atomic mass is 10.1. The molecule has 0 spiro atoms. The van der Waals surface area contributed by atoms with Crippen LogP contribution >= 0.6 is 0 Å². The highest BCUT2D eigenvalue weighted by Crippen LogP contribution is 2.21. The standard InChI is InChI=1S/C22H21FN2O3S/c1-15-3-11-20(12-4-15)25-29(27,28)21-13-18(8-5-16(21)2)22(26)24-14-17-6-9-19(23)10-7-17/h3-13,25H,14H2,1-2H3,(H,24,26). The second kappa shape index (κ2) is 8.45. The Morgan fingerprint density at radius 3 is 2.24 bits per heavy atom. The number of hydrogen-bond donors (Lipinski definition) is 2. The predicted octanol–water partition coefficient (Wildman–Crippen LogP) is 4.17. The van der Waals surface area contributed by atoms with Crippen LogP contribution in [-0.2, 0) is 16.6 Å².